The Hall–Kier alpha value is -2.87. The molecule has 0 aromatic carbocycles. The number of aromatic nitrogens is 2. The van der Waals surface area contributed by atoms with E-state index in [4.69, 9.17) is 0 Å². The molecule has 2 amide bonds. The quantitative estimate of drug-likeness (QED) is 0.406. The SMILES string of the molecule is C[C@H](Nc1cc(C(F)F)c(-c2sc(C(=O)NC3CCC[C@H]3O)nc2C(=O)N2C3CCC2CC3)cn1)C(F)(F)F. The summed E-state index contributed by atoms with van der Waals surface area (Å²) in [6.07, 6.45) is -2.33. The van der Waals surface area contributed by atoms with Crippen LogP contribution in [0.25, 0.3) is 10.4 Å². The molecule has 5 rings (SSSR count). The fourth-order valence-electron chi connectivity index (χ4n) is 5.67. The Morgan fingerprint density at radius 3 is 2.36 bits per heavy atom. The van der Waals surface area contributed by atoms with Crippen LogP contribution in [0.15, 0.2) is 12.3 Å². The number of aliphatic hydroxyl groups is 1. The summed E-state index contributed by atoms with van der Waals surface area (Å²) in [5.74, 6) is -1.51. The minimum Gasteiger partial charge on any atom is -0.391 e. The van der Waals surface area contributed by atoms with Crippen LogP contribution in [0, 0.1) is 0 Å². The first-order valence-corrected chi connectivity index (χ1v) is 13.7. The van der Waals surface area contributed by atoms with Crippen molar-refractivity contribution in [2.45, 2.75) is 94.7 Å². The lowest BCUT2D eigenvalue weighted by atomic mass is 10.0. The lowest BCUT2D eigenvalue weighted by molar-refractivity contribution is -0.138. The number of carbonyl (C=O) groups excluding carboxylic acids is 2. The molecule has 1 saturated carbocycles. The molecule has 2 saturated heterocycles. The van der Waals surface area contributed by atoms with Crippen molar-refractivity contribution in [1.82, 2.24) is 20.2 Å². The third kappa shape index (κ3) is 5.45. The number of fused-ring (bicyclic) bond motifs is 2. The summed E-state index contributed by atoms with van der Waals surface area (Å²) >= 11 is 0.745. The number of anilines is 1. The van der Waals surface area contributed by atoms with Crippen LogP contribution in [0.1, 0.15) is 84.1 Å². The smallest absolute Gasteiger partial charge is 0.391 e. The Kier molecular flexibility index (Phi) is 7.53. The standard InChI is InChI=1S/C25H28F5N5O3S/c1-11(25(28,29)30)32-18-9-14(21(26)27)15(10-31-18)20-19(24(38)35-12-5-6-13(35)8-7-12)34-23(39-20)22(37)33-16-3-2-4-17(16)36/h9-13,16-17,21,36H,2-8H2,1H3,(H,31,32)(H,33,37)/t11-,12?,13?,16?,17+/m0/s1. The van der Waals surface area contributed by atoms with Crippen molar-refractivity contribution in [3.63, 3.8) is 0 Å². The highest BCUT2D eigenvalue weighted by Crippen LogP contribution is 2.42. The van der Waals surface area contributed by atoms with E-state index in [0.29, 0.717) is 12.8 Å². The lowest BCUT2D eigenvalue weighted by Gasteiger charge is -2.22. The predicted octanol–water partition coefficient (Wildman–Crippen LogP) is 4.92. The number of amides is 2. The van der Waals surface area contributed by atoms with Gasteiger partial charge < -0.3 is 20.6 Å². The van der Waals surface area contributed by atoms with Gasteiger partial charge in [-0.25, -0.2) is 18.7 Å². The summed E-state index contributed by atoms with van der Waals surface area (Å²) in [6, 6.07) is -1.69. The van der Waals surface area contributed by atoms with Gasteiger partial charge >= 0.3 is 6.18 Å². The van der Waals surface area contributed by atoms with Crippen molar-refractivity contribution in [2.75, 3.05) is 5.32 Å². The van der Waals surface area contributed by atoms with Crippen LogP contribution in [0.3, 0.4) is 0 Å². The largest absolute Gasteiger partial charge is 0.408 e. The zero-order chi connectivity index (χ0) is 28.1. The molecule has 3 aliphatic rings. The third-order valence-electron chi connectivity index (χ3n) is 7.78. The number of nitrogens with one attached hydrogen (secondary N) is 2. The molecular formula is C25H28F5N5O3S. The van der Waals surface area contributed by atoms with E-state index in [1.54, 1.807) is 4.90 Å². The average Bonchev–Trinajstić information content (AvgIpc) is 3.67. The van der Waals surface area contributed by atoms with Crippen molar-refractivity contribution in [3.8, 4) is 10.4 Å². The van der Waals surface area contributed by atoms with E-state index in [1.807, 2.05) is 0 Å². The van der Waals surface area contributed by atoms with Crippen molar-refractivity contribution >= 4 is 29.0 Å². The number of carbonyl (C=O) groups is 2. The Morgan fingerprint density at radius 1 is 1.13 bits per heavy atom. The van der Waals surface area contributed by atoms with E-state index in [2.05, 4.69) is 20.6 Å². The fourth-order valence-corrected chi connectivity index (χ4v) is 6.67. The molecule has 2 aliphatic heterocycles. The summed E-state index contributed by atoms with van der Waals surface area (Å²) in [4.78, 5) is 36.6. The minimum absolute atomic E-state index is 0.00152. The number of hydrogen-bond donors (Lipinski definition) is 3. The fraction of sp³-hybridized carbons (Fsp3) is 0.600. The van der Waals surface area contributed by atoms with Crippen molar-refractivity contribution < 1.29 is 36.6 Å². The molecule has 3 atom stereocenters. The molecule has 1 aliphatic carbocycles. The molecule has 4 heterocycles. The Bertz CT molecular complexity index is 1240. The Labute approximate surface area is 225 Å². The van der Waals surface area contributed by atoms with Crippen LogP contribution >= 0.6 is 11.3 Å². The first kappa shape index (κ1) is 27.7. The highest BCUT2D eigenvalue weighted by atomic mass is 32.1. The molecule has 212 valence electrons. The molecule has 2 aromatic heterocycles. The molecule has 8 nitrogen and oxygen atoms in total. The average molecular weight is 574 g/mol. The number of rotatable bonds is 7. The van der Waals surface area contributed by atoms with E-state index in [1.165, 1.54) is 0 Å². The summed E-state index contributed by atoms with van der Waals surface area (Å²) in [6.45, 7) is 0.841. The highest BCUT2D eigenvalue weighted by molar-refractivity contribution is 7.17. The first-order valence-electron chi connectivity index (χ1n) is 12.9. The maximum atomic E-state index is 14.2. The van der Waals surface area contributed by atoms with Gasteiger partial charge in [0.15, 0.2) is 5.01 Å². The number of hydrogen-bond acceptors (Lipinski definition) is 7. The lowest BCUT2D eigenvalue weighted by Crippen LogP contribution is -2.40. The molecule has 14 heteroatoms. The van der Waals surface area contributed by atoms with Crippen LogP contribution < -0.4 is 10.6 Å². The Morgan fingerprint density at radius 2 is 1.79 bits per heavy atom. The van der Waals surface area contributed by atoms with E-state index >= 15 is 0 Å². The zero-order valence-electron chi connectivity index (χ0n) is 21.0. The second-order valence-electron chi connectivity index (χ2n) is 10.3. The van der Waals surface area contributed by atoms with Crippen molar-refractivity contribution in [3.05, 3.63) is 28.5 Å². The predicted molar refractivity (Wildman–Crippen MR) is 133 cm³/mol. The third-order valence-corrected chi connectivity index (χ3v) is 8.87. The van der Waals surface area contributed by atoms with Gasteiger partial charge in [0, 0.05) is 29.4 Å². The maximum Gasteiger partial charge on any atom is 0.408 e. The number of thiazole rings is 1. The van der Waals surface area contributed by atoms with Crippen LogP contribution in [0.5, 0.6) is 0 Å². The number of halogens is 5. The molecule has 1 unspecified atom stereocenters. The molecule has 3 N–H and O–H groups in total. The topological polar surface area (TPSA) is 107 Å². The van der Waals surface area contributed by atoms with Gasteiger partial charge in [-0.05, 0) is 57.9 Å². The molecule has 0 spiro atoms. The minimum atomic E-state index is -4.62. The van der Waals surface area contributed by atoms with Crippen LogP contribution in [0.4, 0.5) is 27.8 Å². The molecular weight excluding hydrogens is 545 g/mol. The first-order chi connectivity index (χ1) is 18.4. The number of aliphatic hydroxyl groups excluding tert-OH is 1. The van der Waals surface area contributed by atoms with Gasteiger partial charge in [0.1, 0.15) is 17.6 Å². The number of alkyl halides is 5. The Balaban J connectivity index is 1.53. The van der Waals surface area contributed by atoms with E-state index in [-0.39, 0.29) is 33.2 Å². The van der Waals surface area contributed by atoms with Gasteiger partial charge in [0.05, 0.1) is 17.0 Å². The normalized spacial score (nSPS) is 25.4. The van der Waals surface area contributed by atoms with Crippen LogP contribution in [0.2, 0.25) is 0 Å². The summed E-state index contributed by atoms with van der Waals surface area (Å²) < 4.78 is 67.4. The van der Waals surface area contributed by atoms with Gasteiger partial charge in [-0.2, -0.15) is 13.2 Å². The van der Waals surface area contributed by atoms with Gasteiger partial charge in [0.2, 0.25) is 0 Å². The molecule has 0 radical (unpaired) electrons. The van der Waals surface area contributed by atoms with Crippen LogP contribution in [-0.4, -0.2) is 68.2 Å². The zero-order valence-corrected chi connectivity index (χ0v) is 21.8. The van der Waals surface area contributed by atoms with E-state index in [9.17, 15) is 36.6 Å². The monoisotopic (exact) mass is 573 g/mol. The second-order valence-corrected chi connectivity index (χ2v) is 11.3. The number of nitrogens with zero attached hydrogens (tertiary/aromatic N) is 3. The van der Waals surface area contributed by atoms with Crippen LogP contribution in [-0.2, 0) is 0 Å². The van der Waals surface area contributed by atoms with Crippen molar-refractivity contribution in [1.29, 1.82) is 0 Å². The molecule has 39 heavy (non-hydrogen) atoms. The van der Waals surface area contributed by atoms with Gasteiger partial charge in [-0.15, -0.1) is 11.3 Å². The number of pyridine rings is 1. The molecule has 3 fully saturated rings. The molecule has 2 aromatic rings. The second kappa shape index (κ2) is 10.6. The summed E-state index contributed by atoms with van der Waals surface area (Å²) in [7, 11) is 0. The van der Waals surface area contributed by atoms with Gasteiger partial charge in [0.25, 0.3) is 18.2 Å². The van der Waals surface area contributed by atoms with Gasteiger partial charge in [-0.3, -0.25) is 9.59 Å². The van der Waals surface area contributed by atoms with E-state index < -0.39 is 54.0 Å². The van der Waals surface area contributed by atoms with E-state index in [0.717, 1.165) is 62.6 Å². The highest BCUT2D eigenvalue weighted by Gasteiger charge is 2.44. The maximum absolute atomic E-state index is 14.2. The molecule has 2 bridgehead atoms. The summed E-state index contributed by atoms with van der Waals surface area (Å²) in [5, 5.41) is 14.8. The van der Waals surface area contributed by atoms with Gasteiger partial charge in [-0.1, -0.05) is 0 Å². The van der Waals surface area contributed by atoms with Crippen molar-refractivity contribution in [2.24, 2.45) is 0 Å². The summed E-state index contributed by atoms with van der Waals surface area (Å²) in [5.41, 5.74) is -0.978.